The molecule has 1 aliphatic rings. The van der Waals surface area contributed by atoms with E-state index in [4.69, 9.17) is 0 Å². The van der Waals surface area contributed by atoms with Crippen molar-refractivity contribution in [2.45, 2.75) is 45.4 Å². The maximum absolute atomic E-state index is 2.56. The van der Waals surface area contributed by atoms with Crippen LogP contribution in [-0.2, 0) is 0 Å². The molecular formula is C10H19I. The van der Waals surface area contributed by atoms with Gasteiger partial charge >= 0.3 is 0 Å². The Morgan fingerprint density at radius 3 is 2.36 bits per heavy atom. The van der Waals surface area contributed by atoms with Crippen LogP contribution in [0.3, 0.4) is 0 Å². The van der Waals surface area contributed by atoms with E-state index in [9.17, 15) is 0 Å². The van der Waals surface area contributed by atoms with Crippen molar-refractivity contribution in [3.05, 3.63) is 0 Å². The molecule has 0 aromatic heterocycles. The molecule has 0 N–H and O–H groups in total. The van der Waals surface area contributed by atoms with Gasteiger partial charge in [0.05, 0.1) is 0 Å². The molecule has 0 amide bonds. The Morgan fingerprint density at radius 1 is 1.18 bits per heavy atom. The third-order valence-electron chi connectivity index (χ3n) is 2.92. The Balaban J connectivity index is 2.31. The van der Waals surface area contributed by atoms with Gasteiger partial charge in [0.25, 0.3) is 0 Å². The van der Waals surface area contributed by atoms with E-state index in [2.05, 4.69) is 29.5 Å². The molecule has 66 valence electrons. The average molecular weight is 266 g/mol. The number of rotatable bonds is 3. The maximum atomic E-state index is 2.56. The summed E-state index contributed by atoms with van der Waals surface area (Å²) in [5.41, 5.74) is 0. The monoisotopic (exact) mass is 266 g/mol. The Hall–Kier alpha value is 0.730. The minimum Gasteiger partial charge on any atom is -0.0861 e. The highest BCUT2D eigenvalue weighted by atomic mass is 127. The zero-order valence-electron chi connectivity index (χ0n) is 7.48. The van der Waals surface area contributed by atoms with Crippen LogP contribution in [0.5, 0.6) is 0 Å². The Labute approximate surface area is 84.3 Å². The predicted octanol–water partition coefficient (Wildman–Crippen LogP) is 4.03. The average Bonchev–Trinajstić information content (AvgIpc) is 2.06. The summed E-state index contributed by atoms with van der Waals surface area (Å²) in [5, 5.41) is 0. The van der Waals surface area contributed by atoms with Crippen molar-refractivity contribution in [1.82, 2.24) is 0 Å². The lowest BCUT2D eigenvalue weighted by molar-refractivity contribution is 0.248. The highest BCUT2D eigenvalue weighted by molar-refractivity contribution is 14.1. The van der Waals surface area contributed by atoms with Crippen LogP contribution in [0.1, 0.15) is 45.4 Å². The van der Waals surface area contributed by atoms with Gasteiger partial charge in [0.1, 0.15) is 0 Å². The van der Waals surface area contributed by atoms with E-state index in [1.807, 2.05) is 0 Å². The van der Waals surface area contributed by atoms with Crippen LogP contribution in [0.4, 0.5) is 0 Å². The van der Waals surface area contributed by atoms with Gasteiger partial charge in [-0.3, -0.25) is 0 Å². The highest BCUT2D eigenvalue weighted by Crippen LogP contribution is 2.34. The topological polar surface area (TPSA) is 0 Å². The van der Waals surface area contributed by atoms with Crippen LogP contribution in [-0.4, -0.2) is 4.43 Å². The normalized spacial score (nSPS) is 32.2. The third-order valence-corrected chi connectivity index (χ3v) is 4.06. The number of alkyl halides is 1. The second-order valence-corrected chi connectivity index (χ2v) is 4.63. The van der Waals surface area contributed by atoms with Gasteiger partial charge in [-0.1, -0.05) is 61.6 Å². The molecule has 0 aromatic carbocycles. The van der Waals surface area contributed by atoms with Gasteiger partial charge < -0.3 is 0 Å². The lowest BCUT2D eigenvalue weighted by Gasteiger charge is -2.29. The van der Waals surface area contributed by atoms with Crippen molar-refractivity contribution in [1.29, 1.82) is 0 Å². The summed E-state index contributed by atoms with van der Waals surface area (Å²) in [5.74, 6) is 2.13. The van der Waals surface area contributed by atoms with Crippen LogP contribution in [0.25, 0.3) is 0 Å². The predicted molar refractivity (Wildman–Crippen MR) is 59.2 cm³/mol. The molecule has 1 unspecified atom stereocenters. The Bertz CT molecular complexity index is 99.0. The molecule has 0 aliphatic heterocycles. The molecule has 1 rings (SSSR count). The Kier molecular flexibility index (Phi) is 4.81. The van der Waals surface area contributed by atoms with E-state index < -0.39 is 0 Å². The smallest absolute Gasteiger partial charge is 0.00263 e. The molecule has 0 radical (unpaired) electrons. The van der Waals surface area contributed by atoms with Crippen LogP contribution in [0, 0.1) is 11.8 Å². The third kappa shape index (κ3) is 2.92. The van der Waals surface area contributed by atoms with Crippen LogP contribution < -0.4 is 0 Å². The van der Waals surface area contributed by atoms with Crippen molar-refractivity contribution in [3.8, 4) is 0 Å². The first kappa shape index (κ1) is 9.82. The molecule has 1 fully saturated rings. The standard InChI is InChI=1S/C10H19I/c1-2-5-9-6-3-4-7-10(9)8-11/h9-10H,2-8H2,1H3/t9?,10-/m1/s1. The first-order valence-corrected chi connectivity index (χ1v) is 6.47. The number of halogens is 1. The molecule has 1 aliphatic carbocycles. The zero-order valence-corrected chi connectivity index (χ0v) is 9.64. The van der Waals surface area contributed by atoms with Gasteiger partial charge in [-0.2, -0.15) is 0 Å². The molecule has 1 saturated carbocycles. The molecule has 0 heterocycles. The minimum atomic E-state index is 1.06. The maximum Gasteiger partial charge on any atom is 0.00263 e. The van der Waals surface area contributed by atoms with Gasteiger partial charge in [0.2, 0.25) is 0 Å². The van der Waals surface area contributed by atoms with E-state index in [-0.39, 0.29) is 0 Å². The molecule has 1 heteroatoms. The van der Waals surface area contributed by atoms with Crippen molar-refractivity contribution >= 4 is 22.6 Å². The molecular weight excluding hydrogens is 247 g/mol. The second-order valence-electron chi connectivity index (χ2n) is 3.75. The molecule has 0 saturated heterocycles. The van der Waals surface area contributed by atoms with Gasteiger partial charge in [0.15, 0.2) is 0 Å². The quantitative estimate of drug-likeness (QED) is 0.534. The molecule has 0 aromatic rings. The first-order chi connectivity index (χ1) is 5.38. The van der Waals surface area contributed by atoms with Gasteiger partial charge in [0, 0.05) is 4.43 Å². The molecule has 11 heavy (non-hydrogen) atoms. The largest absolute Gasteiger partial charge is 0.0861 e. The van der Waals surface area contributed by atoms with Gasteiger partial charge in [-0.15, -0.1) is 0 Å². The van der Waals surface area contributed by atoms with E-state index >= 15 is 0 Å². The molecule has 0 bridgehead atoms. The number of hydrogen-bond donors (Lipinski definition) is 0. The summed E-state index contributed by atoms with van der Waals surface area (Å²) in [4.78, 5) is 0. The fraction of sp³-hybridized carbons (Fsp3) is 1.00. The zero-order chi connectivity index (χ0) is 8.10. The van der Waals surface area contributed by atoms with Crippen LogP contribution >= 0.6 is 22.6 Å². The van der Waals surface area contributed by atoms with Crippen molar-refractivity contribution in [2.24, 2.45) is 11.8 Å². The molecule has 0 nitrogen and oxygen atoms in total. The summed E-state index contributed by atoms with van der Waals surface area (Å²) in [7, 11) is 0. The summed E-state index contributed by atoms with van der Waals surface area (Å²) in [6.45, 7) is 2.32. The second kappa shape index (κ2) is 5.39. The van der Waals surface area contributed by atoms with Crippen LogP contribution in [0.2, 0.25) is 0 Å². The summed E-state index contributed by atoms with van der Waals surface area (Å²) < 4.78 is 1.39. The van der Waals surface area contributed by atoms with Crippen molar-refractivity contribution in [2.75, 3.05) is 4.43 Å². The van der Waals surface area contributed by atoms with Crippen molar-refractivity contribution in [3.63, 3.8) is 0 Å². The Morgan fingerprint density at radius 2 is 1.82 bits per heavy atom. The van der Waals surface area contributed by atoms with E-state index in [1.165, 1.54) is 43.0 Å². The van der Waals surface area contributed by atoms with Crippen LogP contribution in [0.15, 0.2) is 0 Å². The fourth-order valence-corrected chi connectivity index (χ4v) is 3.40. The fourth-order valence-electron chi connectivity index (χ4n) is 2.24. The highest BCUT2D eigenvalue weighted by Gasteiger charge is 2.22. The van der Waals surface area contributed by atoms with Gasteiger partial charge in [-0.25, -0.2) is 0 Å². The van der Waals surface area contributed by atoms with Gasteiger partial charge in [-0.05, 0) is 18.3 Å². The number of hydrogen-bond acceptors (Lipinski definition) is 0. The van der Waals surface area contributed by atoms with E-state index in [0.29, 0.717) is 0 Å². The lowest BCUT2D eigenvalue weighted by atomic mass is 9.78. The lowest BCUT2D eigenvalue weighted by Crippen LogP contribution is -2.20. The summed E-state index contributed by atoms with van der Waals surface area (Å²) in [6.07, 6.45) is 8.88. The van der Waals surface area contributed by atoms with Crippen molar-refractivity contribution < 1.29 is 0 Å². The summed E-state index contributed by atoms with van der Waals surface area (Å²) >= 11 is 2.56. The SMILES string of the molecule is CCCC1CCCC[C@@H]1CI. The van der Waals surface area contributed by atoms with E-state index in [0.717, 1.165) is 11.8 Å². The molecule has 0 spiro atoms. The summed E-state index contributed by atoms with van der Waals surface area (Å²) in [6, 6.07) is 0. The van der Waals surface area contributed by atoms with E-state index in [1.54, 1.807) is 0 Å². The first-order valence-electron chi connectivity index (χ1n) is 4.94. The molecule has 2 atom stereocenters. The minimum absolute atomic E-state index is 1.06.